The van der Waals surface area contributed by atoms with Gasteiger partial charge in [0, 0.05) is 0 Å². The molecule has 5 heteroatoms. The van der Waals surface area contributed by atoms with Crippen molar-refractivity contribution in [1.82, 2.24) is 5.32 Å². The van der Waals surface area contributed by atoms with Gasteiger partial charge in [-0.3, -0.25) is 0 Å². The highest BCUT2D eigenvalue weighted by atomic mass is 16.6. The summed E-state index contributed by atoms with van der Waals surface area (Å²) in [5.41, 5.74) is -0.608. The van der Waals surface area contributed by atoms with Crippen LogP contribution in [0.25, 0.3) is 0 Å². The summed E-state index contributed by atoms with van der Waals surface area (Å²) in [5, 5.41) is 20.6. The van der Waals surface area contributed by atoms with Crippen LogP contribution < -0.4 is 5.32 Å². The normalized spacial score (nSPS) is 15.3. The molecule has 2 atom stereocenters. The Balaban J connectivity index is 4.19. The van der Waals surface area contributed by atoms with E-state index in [-0.39, 0.29) is 6.61 Å². The van der Waals surface area contributed by atoms with Gasteiger partial charge in [-0.1, -0.05) is 6.08 Å². The molecule has 0 fully saturated rings. The number of carbonyl (C=O) groups is 1. The minimum atomic E-state index is -0.998. The predicted molar refractivity (Wildman–Crippen MR) is 56.4 cm³/mol. The highest BCUT2D eigenvalue weighted by Crippen LogP contribution is 2.07. The van der Waals surface area contributed by atoms with Crippen molar-refractivity contribution in [2.24, 2.45) is 0 Å². The van der Waals surface area contributed by atoms with Crippen LogP contribution in [0.3, 0.4) is 0 Å². The van der Waals surface area contributed by atoms with Gasteiger partial charge in [-0.2, -0.15) is 0 Å². The number of amides is 1. The molecule has 0 rings (SSSR count). The Kier molecular flexibility index (Phi) is 5.32. The third-order valence-corrected chi connectivity index (χ3v) is 1.55. The van der Waals surface area contributed by atoms with Gasteiger partial charge in [-0.25, -0.2) is 4.79 Å². The second-order valence-corrected chi connectivity index (χ2v) is 4.16. The van der Waals surface area contributed by atoms with E-state index in [1.54, 1.807) is 20.8 Å². The van der Waals surface area contributed by atoms with E-state index in [4.69, 9.17) is 9.84 Å². The largest absolute Gasteiger partial charge is 0.444 e. The van der Waals surface area contributed by atoms with Gasteiger partial charge in [-0.05, 0) is 20.8 Å². The summed E-state index contributed by atoms with van der Waals surface area (Å²) in [6.45, 7) is 8.16. The molecule has 0 aromatic rings. The smallest absolute Gasteiger partial charge is 0.408 e. The summed E-state index contributed by atoms with van der Waals surface area (Å²) >= 11 is 0. The number of carbonyl (C=O) groups excluding carboxylic acids is 1. The van der Waals surface area contributed by atoms with E-state index in [2.05, 4.69) is 11.9 Å². The molecule has 0 saturated heterocycles. The van der Waals surface area contributed by atoms with E-state index >= 15 is 0 Å². The van der Waals surface area contributed by atoms with E-state index in [0.717, 1.165) is 0 Å². The van der Waals surface area contributed by atoms with Crippen molar-refractivity contribution in [1.29, 1.82) is 0 Å². The molecule has 0 spiro atoms. The summed E-state index contributed by atoms with van der Waals surface area (Å²) in [4.78, 5) is 11.3. The van der Waals surface area contributed by atoms with Crippen molar-refractivity contribution in [2.45, 2.75) is 38.5 Å². The first-order valence-electron chi connectivity index (χ1n) is 4.71. The number of aliphatic hydroxyl groups excluding tert-OH is 2. The Morgan fingerprint density at radius 3 is 2.47 bits per heavy atom. The number of ether oxygens (including phenoxy) is 1. The van der Waals surface area contributed by atoms with Crippen LogP contribution in [0.1, 0.15) is 20.8 Å². The number of rotatable bonds is 4. The summed E-state index contributed by atoms with van der Waals surface area (Å²) in [5.74, 6) is 0. The molecule has 5 nitrogen and oxygen atoms in total. The Morgan fingerprint density at radius 2 is 2.13 bits per heavy atom. The van der Waals surface area contributed by atoms with Crippen molar-refractivity contribution < 1.29 is 19.7 Å². The molecule has 0 aromatic carbocycles. The number of aliphatic hydroxyl groups is 2. The quantitative estimate of drug-likeness (QED) is 0.596. The van der Waals surface area contributed by atoms with Gasteiger partial charge in [0.2, 0.25) is 0 Å². The van der Waals surface area contributed by atoms with E-state index in [0.29, 0.717) is 0 Å². The Hall–Kier alpha value is -1.07. The van der Waals surface area contributed by atoms with Gasteiger partial charge >= 0.3 is 6.09 Å². The minimum absolute atomic E-state index is 0.383. The van der Waals surface area contributed by atoms with Gasteiger partial charge in [0.25, 0.3) is 0 Å². The van der Waals surface area contributed by atoms with Crippen LogP contribution in [0, 0.1) is 0 Å². The second-order valence-electron chi connectivity index (χ2n) is 4.16. The fourth-order valence-electron chi connectivity index (χ4n) is 0.862. The molecule has 1 amide bonds. The van der Waals surface area contributed by atoms with Crippen molar-refractivity contribution in [3.63, 3.8) is 0 Å². The lowest BCUT2D eigenvalue weighted by Crippen LogP contribution is -2.46. The fraction of sp³-hybridized carbons (Fsp3) is 0.700. The fourth-order valence-corrected chi connectivity index (χ4v) is 0.862. The van der Waals surface area contributed by atoms with Gasteiger partial charge in [0.1, 0.15) is 5.60 Å². The molecule has 0 unspecified atom stereocenters. The molecule has 0 saturated carbocycles. The van der Waals surface area contributed by atoms with Crippen LogP contribution >= 0.6 is 0 Å². The number of nitrogens with one attached hydrogen (secondary N) is 1. The van der Waals surface area contributed by atoms with Gasteiger partial charge in [0.15, 0.2) is 0 Å². The minimum Gasteiger partial charge on any atom is -0.444 e. The maximum Gasteiger partial charge on any atom is 0.408 e. The van der Waals surface area contributed by atoms with Crippen molar-refractivity contribution in [3.8, 4) is 0 Å². The lowest BCUT2D eigenvalue weighted by molar-refractivity contribution is 0.0406. The zero-order chi connectivity index (χ0) is 12.1. The molecular weight excluding hydrogens is 198 g/mol. The van der Waals surface area contributed by atoms with Gasteiger partial charge in [0.05, 0.1) is 18.8 Å². The zero-order valence-electron chi connectivity index (χ0n) is 9.36. The Bertz CT molecular complexity index is 222. The average molecular weight is 217 g/mol. The Morgan fingerprint density at radius 1 is 1.60 bits per heavy atom. The van der Waals surface area contributed by atoms with E-state index in [9.17, 15) is 9.90 Å². The average Bonchev–Trinajstić information content (AvgIpc) is 2.10. The van der Waals surface area contributed by atoms with Crippen LogP contribution in [0.2, 0.25) is 0 Å². The number of hydrogen-bond acceptors (Lipinski definition) is 4. The first-order chi connectivity index (χ1) is 6.80. The number of hydrogen-bond donors (Lipinski definition) is 3. The maximum atomic E-state index is 11.3. The van der Waals surface area contributed by atoms with Crippen LogP contribution in [0.15, 0.2) is 12.7 Å². The number of alkyl carbamates (subject to hydrolysis) is 1. The summed E-state index contributed by atoms with van der Waals surface area (Å²) in [7, 11) is 0. The molecule has 0 radical (unpaired) electrons. The lowest BCUT2D eigenvalue weighted by Gasteiger charge is -2.24. The standard InChI is InChI=1S/C10H19NO4/c1-5-8(13)7(6-12)11-9(14)15-10(2,3)4/h5,7-8,12-13H,1,6H2,2-4H3,(H,11,14)/t7-,8+/m0/s1. The Labute approximate surface area is 89.7 Å². The van der Waals surface area contributed by atoms with E-state index in [1.165, 1.54) is 6.08 Å². The first kappa shape index (κ1) is 13.9. The molecule has 0 bridgehead atoms. The molecule has 3 N–H and O–H groups in total. The monoisotopic (exact) mass is 217 g/mol. The molecule has 15 heavy (non-hydrogen) atoms. The second kappa shape index (κ2) is 5.72. The third-order valence-electron chi connectivity index (χ3n) is 1.55. The van der Waals surface area contributed by atoms with Crippen molar-refractivity contribution in [2.75, 3.05) is 6.61 Å². The maximum absolute atomic E-state index is 11.3. The third kappa shape index (κ3) is 6.09. The molecule has 0 aliphatic heterocycles. The highest BCUT2D eigenvalue weighted by Gasteiger charge is 2.22. The van der Waals surface area contributed by atoms with Crippen molar-refractivity contribution >= 4 is 6.09 Å². The van der Waals surface area contributed by atoms with E-state index in [1.807, 2.05) is 0 Å². The van der Waals surface area contributed by atoms with Crippen LogP contribution in [0.4, 0.5) is 4.79 Å². The van der Waals surface area contributed by atoms with Crippen LogP contribution in [-0.4, -0.2) is 40.7 Å². The molecule has 0 aliphatic rings. The first-order valence-corrected chi connectivity index (χ1v) is 4.71. The lowest BCUT2D eigenvalue weighted by atomic mass is 10.2. The topological polar surface area (TPSA) is 78.8 Å². The summed E-state index contributed by atoms with van der Waals surface area (Å²) in [6, 6.07) is -0.794. The predicted octanol–water partition coefficient (Wildman–Crippen LogP) is 0.419. The van der Waals surface area contributed by atoms with Gasteiger partial charge < -0.3 is 20.3 Å². The highest BCUT2D eigenvalue weighted by molar-refractivity contribution is 5.68. The molecule has 0 heterocycles. The van der Waals surface area contributed by atoms with Crippen molar-refractivity contribution in [3.05, 3.63) is 12.7 Å². The SMILES string of the molecule is C=C[C@@H](O)[C@H](CO)NC(=O)OC(C)(C)C. The molecule has 88 valence electrons. The van der Waals surface area contributed by atoms with Gasteiger partial charge in [-0.15, -0.1) is 6.58 Å². The van der Waals surface area contributed by atoms with E-state index < -0.39 is 23.8 Å². The molecule has 0 aromatic heterocycles. The zero-order valence-corrected chi connectivity index (χ0v) is 9.36. The summed E-state index contributed by atoms with van der Waals surface area (Å²) in [6.07, 6.45) is -0.442. The van der Waals surface area contributed by atoms with Crippen LogP contribution in [-0.2, 0) is 4.74 Å². The summed E-state index contributed by atoms with van der Waals surface area (Å²) < 4.78 is 4.96. The van der Waals surface area contributed by atoms with Crippen LogP contribution in [0.5, 0.6) is 0 Å². The molecule has 0 aliphatic carbocycles. The molecular formula is C10H19NO4.